The van der Waals surface area contributed by atoms with Crippen LogP contribution in [0.3, 0.4) is 0 Å². The number of benzene rings is 7. The fourth-order valence-corrected chi connectivity index (χ4v) is 8.25. The quantitative estimate of drug-likeness (QED) is 0.220. The van der Waals surface area contributed by atoms with Crippen LogP contribution in [0.15, 0.2) is 146 Å². The van der Waals surface area contributed by atoms with Gasteiger partial charge in [0.05, 0.1) is 16.7 Å². The average molecular weight is 595 g/mol. The maximum absolute atomic E-state index is 6.54. The number of fused-ring (bicyclic) bond motifs is 10. The van der Waals surface area contributed by atoms with Crippen LogP contribution in [0.5, 0.6) is 5.75 Å². The molecule has 7 aromatic carbocycles. The molecular weight excluding hydrogens is 569 g/mol. The van der Waals surface area contributed by atoms with Gasteiger partial charge in [-0.15, -0.1) is 11.3 Å². The van der Waals surface area contributed by atoms with Gasteiger partial charge in [0.25, 0.3) is 0 Å². The molecule has 4 heteroatoms. The van der Waals surface area contributed by atoms with E-state index in [-0.39, 0.29) is 6.23 Å². The summed E-state index contributed by atoms with van der Waals surface area (Å²) >= 11 is 1.83. The molecule has 0 aliphatic carbocycles. The third-order valence-electron chi connectivity index (χ3n) is 9.24. The summed E-state index contributed by atoms with van der Waals surface area (Å²) in [6, 6.07) is 52.4. The Balaban J connectivity index is 1.05. The van der Waals surface area contributed by atoms with Gasteiger partial charge in [-0.25, -0.2) is 0 Å². The molecule has 10 rings (SSSR count). The Morgan fingerprint density at radius 2 is 1.33 bits per heavy atom. The molecule has 0 saturated heterocycles. The van der Waals surface area contributed by atoms with Gasteiger partial charge in [0.2, 0.25) is 0 Å². The molecule has 3 heterocycles. The van der Waals surface area contributed by atoms with E-state index in [1.54, 1.807) is 0 Å². The number of hydrogen-bond donors (Lipinski definition) is 1. The summed E-state index contributed by atoms with van der Waals surface area (Å²) in [5.41, 5.74) is 8.18. The molecule has 1 aliphatic rings. The van der Waals surface area contributed by atoms with Crippen molar-refractivity contribution < 1.29 is 4.74 Å². The number of nitrogens with one attached hydrogen (secondary N) is 1. The number of aromatic nitrogens is 1. The van der Waals surface area contributed by atoms with Crippen LogP contribution in [-0.2, 0) is 0 Å². The largest absolute Gasteiger partial charge is 0.464 e. The van der Waals surface area contributed by atoms with Gasteiger partial charge in [-0.2, -0.15) is 0 Å². The van der Waals surface area contributed by atoms with Crippen molar-refractivity contribution >= 4 is 69.8 Å². The Bertz CT molecular complexity index is 2600. The predicted octanol–water partition coefficient (Wildman–Crippen LogP) is 11.5. The lowest BCUT2D eigenvalue weighted by Crippen LogP contribution is -2.10. The number of rotatable bonds is 3. The topological polar surface area (TPSA) is 26.2 Å². The minimum Gasteiger partial charge on any atom is -0.464 e. The van der Waals surface area contributed by atoms with Crippen molar-refractivity contribution in [3.05, 3.63) is 151 Å². The molecule has 45 heavy (non-hydrogen) atoms. The summed E-state index contributed by atoms with van der Waals surface area (Å²) in [5.74, 6) is 0.899. The zero-order chi connectivity index (χ0) is 29.5. The van der Waals surface area contributed by atoms with Crippen LogP contribution in [0.1, 0.15) is 11.8 Å². The molecule has 2 aromatic heterocycles. The van der Waals surface area contributed by atoms with E-state index in [1.165, 1.54) is 63.9 Å². The summed E-state index contributed by atoms with van der Waals surface area (Å²) in [4.78, 5) is 0. The second-order valence-electron chi connectivity index (χ2n) is 11.8. The standard InChI is InChI=1S/C41H26N2OS/c1-2-8-25(9-3-1)28-17-22-36-32(24-28)39-37(45-36)23-21-35-40(39)42-41(44-35)27-14-18-29(19-15-27)43-33-13-7-6-12-31(33)38-30-11-5-4-10-26(30)16-20-34(38)43/h1-24,41-42H. The molecule has 0 radical (unpaired) electrons. The minimum atomic E-state index is -0.256. The Labute approximate surface area is 263 Å². The predicted molar refractivity (Wildman–Crippen MR) is 190 cm³/mol. The van der Waals surface area contributed by atoms with Crippen molar-refractivity contribution in [2.45, 2.75) is 6.23 Å². The lowest BCUT2D eigenvalue weighted by molar-refractivity contribution is 0.260. The second-order valence-corrected chi connectivity index (χ2v) is 12.8. The first-order valence-corrected chi connectivity index (χ1v) is 16.1. The molecule has 0 amide bonds. The normalized spacial score (nSPS) is 14.4. The Kier molecular flexibility index (Phi) is 5.22. The van der Waals surface area contributed by atoms with Gasteiger partial charge in [0, 0.05) is 42.2 Å². The number of anilines is 1. The Hall–Kier alpha value is -5.58. The number of para-hydroxylation sites is 1. The van der Waals surface area contributed by atoms with Gasteiger partial charge < -0.3 is 14.6 Å². The molecule has 212 valence electrons. The fourth-order valence-electron chi connectivity index (χ4n) is 7.16. The molecule has 1 N–H and O–H groups in total. The number of ether oxygens (including phenoxy) is 1. The third-order valence-corrected chi connectivity index (χ3v) is 10.4. The smallest absolute Gasteiger partial charge is 0.196 e. The van der Waals surface area contributed by atoms with Crippen molar-refractivity contribution in [2.24, 2.45) is 0 Å². The van der Waals surface area contributed by atoms with E-state index in [4.69, 9.17) is 4.74 Å². The summed E-state index contributed by atoms with van der Waals surface area (Å²) in [6.07, 6.45) is -0.256. The van der Waals surface area contributed by atoms with E-state index in [0.29, 0.717) is 0 Å². The Morgan fingerprint density at radius 3 is 2.22 bits per heavy atom. The van der Waals surface area contributed by atoms with Crippen molar-refractivity contribution in [1.82, 2.24) is 4.57 Å². The molecule has 9 aromatic rings. The molecule has 0 fully saturated rings. The van der Waals surface area contributed by atoms with E-state index >= 15 is 0 Å². The van der Waals surface area contributed by atoms with Gasteiger partial charge in [0.1, 0.15) is 5.75 Å². The van der Waals surface area contributed by atoms with Crippen LogP contribution < -0.4 is 10.1 Å². The highest BCUT2D eigenvalue weighted by molar-refractivity contribution is 7.26. The summed E-state index contributed by atoms with van der Waals surface area (Å²) in [5, 5.41) is 11.4. The van der Waals surface area contributed by atoms with Gasteiger partial charge >= 0.3 is 0 Å². The molecule has 0 saturated carbocycles. The third kappa shape index (κ3) is 3.70. The maximum Gasteiger partial charge on any atom is 0.196 e. The molecule has 0 bridgehead atoms. The number of hydrogen-bond acceptors (Lipinski definition) is 3. The first-order chi connectivity index (χ1) is 22.3. The first-order valence-electron chi connectivity index (χ1n) is 15.3. The van der Waals surface area contributed by atoms with Crippen LogP contribution in [0.25, 0.3) is 69.6 Å². The van der Waals surface area contributed by atoms with E-state index in [9.17, 15) is 0 Å². The molecule has 0 spiro atoms. The van der Waals surface area contributed by atoms with Gasteiger partial charge in [0.15, 0.2) is 6.23 Å². The van der Waals surface area contributed by atoms with Crippen LogP contribution in [-0.4, -0.2) is 4.57 Å². The lowest BCUT2D eigenvalue weighted by Gasteiger charge is -2.14. The molecule has 1 aliphatic heterocycles. The summed E-state index contributed by atoms with van der Waals surface area (Å²) in [7, 11) is 0. The average Bonchev–Trinajstić information content (AvgIpc) is 3.80. The second kappa shape index (κ2) is 9.46. The van der Waals surface area contributed by atoms with E-state index < -0.39 is 0 Å². The highest BCUT2D eigenvalue weighted by Gasteiger charge is 2.27. The molecule has 1 unspecified atom stereocenters. The number of nitrogens with zero attached hydrogens (tertiary/aromatic N) is 1. The Morgan fingerprint density at radius 1 is 0.556 bits per heavy atom. The van der Waals surface area contributed by atoms with Gasteiger partial charge in [-0.3, -0.25) is 0 Å². The zero-order valence-electron chi connectivity index (χ0n) is 24.2. The summed E-state index contributed by atoms with van der Waals surface area (Å²) in [6.45, 7) is 0. The minimum absolute atomic E-state index is 0.256. The van der Waals surface area contributed by atoms with Gasteiger partial charge in [-0.05, 0) is 70.4 Å². The SMILES string of the molecule is c1ccc(-c2ccc3sc4ccc5c(c4c3c2)NC(c2ccc(-n3c4ccccc4c4c6ccccc6ccc43)cc2)O5)cc1. The van der Waals surface area contributed by atoms with Crippen molar-refractivity contribution in [3.63, 3.8) is 0 Å². The van der Waals surface area contributed by atoms with Crippen LogP contribution in [0.4, 0.5) is 5.69 Å². The van der Waals surface area contributed by atoms with E-state index in [0.717, 1.165) is 22.7 Å². The number of thiophene rings is 1. The first kappa shape index (κ1) is 24.8. The lowest BCUT2D eigenvalue weighted by atomic mass is 10.0. The van der Waals surface area contributed by atoms with Gasteiger partial charge in [-0.1, -0.05) is 97.1 Å². The van der Waals surface area contributed by atoms with E-state index in [2.05, 4.69) is 155 Å². The van der Waals surface area contributed by atoms with Crippen molar-refractivity contribution in [1.29, 1.82) is 0 Å². The highest BCUT2D eigenvalue weighted by atomic mass is 32.1. The van der Waals surface area contributed by atoms with E-state index in [1.807, 2.05) is 11.3 Å². The van der Waals surface area contributed by atoms with Crippen molar-refractivity contribution in [2.75, 3.05) is 5.32 Å². The zero-order valence-corrected chi connectivity index (χ0v) is 25.0. The summed E-state index contributed by atoms with van der Waals surface area (Å²) < 4.78 is 11.5. The van der Waals surface area contributed by atoms with Crippen LogP contribution in [0.2, 0.25) is 0 Å². The maximum atomic E-state index is 6.54. The molecule has 3 nitrogen and oxygen atoms in total. The van der Waals surface area contributed by atoms with Crippen molar-refractivity contribution in [3.8, 4) is 22.6 Å². The van der Waals surface area contributed by atoms with Crippen LogP contribution in [0, 0.1) is 0 Å². The highest BCUT2D eigenvalue weighted by Crippen LogP contribution is 2.48. The fraction of sp³-hybridized carbons (Fsp3) is 0.0244. The molecular formula is C41H26N2OS. The molecule has 1 atom stereocenters. The monoisotopic (exact) mass is 594 g/mol. The van der Waals surface area contributed by atoms with Crippen LogP contribution >= 0.6 is 11.3 Å².